The minimum absolute atomic E-state index is 0.0148. The van der Waals surface area contributed by atoms with Gasteiger partial charge in [-0.15, -0.1) is 6.58 Å². The second kappa shape index (κ2) is 14.7. The van der Waals surface area contributed by atoms with Crippen LogP contribution in [0.3, 0.4) is 0 Å². The summed E-state index contributed by atoms with van der Waals surface area (Å²) >= 11 is 0. The number of alkyl halides is 3. The fraction of sp³-hybridized carbons (Fsp3) is 0.571. The van der Waals surface area contributed by atoms with E-state index in [9.17, 15) is 45.6 Å². The molecule has 1 saturated heterocycles. The van der Waals surface area contributed by atoms with Crippen LogP contribution in [0.15, 0.2) is 36.9 Å². The van der Waals surface area contributed by atoms with Crippen molar-refractivity contribution in [2.45, 2.75) is 99.6 Å². The number of rotatable bonds is 7. The number of amides is 6. The maximum absolute atomic E-state index is 14.0. The van der Waals surface area contributed by atoms with Gasteiger partial charge in [0, 0.05) is 32.5 Å². The molecule has 2 aliphatic carbocycles. The van der Waals surface area contributed by atoms with Crippen LogP contribution in [-0.4, -0.2) is 108 Å². The first-order valence-electron chi connectivity index (χ1n) is 17.6. The van der Waals surface area contributed by atoms with Crippen LogP contribution < -0.4 is 15.4 Å². The number of sulfonamides is 1. The van der Waals surface area contributed by atoms with Crippen LogP contribution in [-0.2, 0) is 42.2 Å². The summed E-state index contributed by atoms with van der Waals surface area (Å²) in [6.07, 6.45) is -1.03. The molecular weight excluding hydrogens is 721 g/mol. The molecule has 0 unspecified atom stereocenters. The fourth-order valence-electron chi connectivity index (χ4n) is 7.16. The van der Waals surface area contributed by atoms with E-state index in [0.717, 1.165) is 21.6 Å². The number of nitrogens with zero attached hydrogens (tertiary/aromatic N) is 3. The summed E-state index contributed by atoms with van der Waals surface area (Å²) < 4.78 is 74.6. The van der Waals surface area contributed by atoms with Gasteiger partial charge in [-0.05, 0) is 55.2 Å². The minimum atomic E-state index is -4.90. The number of nitrogens with one attached hydrogen (secondary N) is 3. The van der Waals surface area contributed by atoms with Gasteiger partial charge in [0.05, 0.1) is 24.8 Å². The van der Waals surface area contributed by atoms with Gasteiger partial charge in [-0.3, -0.25) is 24.0 Å². The smallest absolute Gasteiger partial charge is 0.410 e. The first kappa shape index (κ1) is 38.1. The van der Waals surface area contributed by atoms with E-state index in [2.05, 4.69) is 17.2 Å². The first-order chi connectivity index (χ1) is 25.0. The molecule has 18 heteroatoms. The van der Waals surface area contributed by atoms with Gasteiger partial charge in [0.2, 0.25) is 21.8 Å². The summed E-state index contributed by atoms with van der Waals surface area (Å²) in [7, 11) is -2.62. The zero-order valence-electron chi connectivity index (χ0n) is 29.2. The second-order valence-corrected chi connectivity index (χ2v) is 16.4. The average Bonchev–Trinajstić information content (AvgIpc) is 3.98. The number of halogens is 3. The van der Waals surface area contributed by atoms with Crippen LogP contribution in [0, 0.1) is 5.92 Å². The molecule has 2 saturated carbocycles. The Hall–Kier alpha value is -4.61. The van der Waals surface area contributed by atoms with Gasteiger partial charge in [0.15, 0.2) is 0 Å². The molecule has 5 atom stereocenters. The van der Waals surface area contributed by atoms with Gasteiger partial charge < -0.3 is 25.2 Å². The Morgan fingerprint density at radius 2 is 1.91 bits per heavy atom. The highest BCUT2D eigenvalue weighted by atomic mass is 32.2. The number of hydrogen-bond donors (Lipinski definition) is 3. The van der Waals surface area contributed by atoms with Gasteiger partial charge in [-0.2, -0.15) is 13.2 Å². The van der Waals surface area contributed by atoms with Crippen molar-refractivity contribution < 1.29 is 50.3 Å². The highest BCUT2D eigenvalue weighted by molar-refractivity contribution is 7.91. The van der Waals surface area contributed by atoms with E-state index in [1.165, 1.54) is 22.9 Å². The molecule has 4 bridgehead atoms. The average molecular weight is 765 g/mol. The van der Waals surface area contributed by atoms with Crippen LogP contribution in [0.2, 0.25) is 0 Å². The van der Waals surface area contributed by atoms with Gasteiger partial charge in [0.1, 0.15) is 23.7 Å². The summed E-state index contributed by atoms with van der Waals surface area (Å²) in [5, 5.41) is 3.99. The Morgan fingerprint density at radius 3 is 2.58 bits per heavy atom. The molecule has 288 valence electrons. The lowest BCUT2D eigenvalue weighted by Crippen LogP contribution is -2.59. The molecule has 3 N–H and O–H groups in total. The quantitative estimate of drug-likeness (QED) is 0.356. The SMILES string of the molecule is C=C[C@@H]1C[C@]1(NC(=O)[C@@H]1C[C@@H]2CN1C(=O)[C@H](CC(F)(F)F)NC(=O)N(C)CCCCC=Cc1cccc3c1CN(C3)C(=O)O2)C(=O)NS(=O)(=O)C1CC1. The van der Waals surface area contributed by atoms with Gasteiger partial charge in [0.25, 0.3) is 5.91 Å². The monoisotopic (exact) mass is 764 g/mol. The molecule has 1 aromatic rings. The Labute approximate surface area is 305 Å². The van der Waals surface area contributed by atoms with Crippen molar-refractivity contribution in [2.75, 3.05) is 20.1 Å². The maximum atomic E-state index is 14.0. The van der Waals surface area contributed by atoms with Crippen molar-refractivity contribution >= 4 is 45.9 Å². The summed E-state index contributed by atoms with van der Waals surface area (Å²) in [6, 6.07) is 1.08. The van der Waals surface area contributed by atoms with Crippen LogP contribution in [0.5, 0.6) is 0 Å². The van der Waals surface area contributed by atoms with Crippen molar-refractivity contribution in [3.8, 4) is 0 Å². The Balaban J connectivity index is 1.29. The summed E-state index contributed by atoms with van der Waals surface area (Å²) in [5.41, 5.74) is 1.01. The van der Waals surface area contributed by atoms with E-state index >= 15 is 0 Å². The highest BCUT2D eigenvalue weighted by Gasteiger charge is 2.62. The molecule has 5 aliphatic rings. The highest BCUT2D eigenvalue weighted by Crippen LogP contribution is 2.45. The fourth-order valence-corrected chi connectivity index (χ4v) is 8.52. The number of allylic oxidation sites excluding steroid dienone is 1. The van der Waals surface area contributed by atoms with E-state index in [-0.39, 0.29) is 32.5 Å². The third kappa shape index (κ3) is 8.47. The van der Waals surface area contributed by atoms with Crippen molar-refractivity contribution in [2.24, 2.45) is 5.92 Å². The number of urea groups is 1. The van der Waals surface area contributed by atoms with Gasteiger partial charge in [-0.1, -0.05) is 36.4 Å². The Morgan fingerprint density at radius 1 is 1.15 bits per heavy atom. The number of carbonyl (C=O) groups excluding carboxylic acids is 5. The van der Waals surface area contributed by atoms with E-state index in [1.807, 2.05) is 35.1 Å². The van der Waals surface area contributed by atoms with Crippen molar-refractivity contribution in [1.82, 2.24) is 30.1 Å². The minimum Gasteiger partial charge on any atom is -0.444 e. The predicted octanol–water partition coefficient (Wildman–Crippen LogP) is 2.94. The largest absolute Gasteiger partial charge is 0.444 e. The zero-order valence-corrected chi connectivity index (χ0v) is 30.0. The van der Waals surface area contributed by atoms with Crippen molar-refractivity contribution in [3.05, 3.63) is 53.6 Å². The standard InChI is InChI=1S/C35H43F3N6O8S/c1-3-23-16-34(23,31(47)41-53(50,51)25-12-13-25)40-29(45)28-15-24-19-44(28)30(46)27(17-35(36,37)38)39-32(48)42(2)14-7-5-4-6-9-21-10-8-11-22-18-43(20-26(21)22)33(49)52-24/h3,6,8-11,23-25,27-28H,1,4-5,7,12-20H2,2H3,(H,39,48)(H,40,45)(H,41,47)/t23-,24-,27+,28+,34-/m1/s1. The molecule has 0 spiro atoms. The molecule has 0 radical (unpaired) electrons. The van der Waals surface area contributed by atoms with Crippen molar-refractivity contribution in [1.29, 1.82) is 0 Å². The number of fused-ring (bicyclic) bond motifs is 3. The summed E-state index contributed by atoms with van der Waals surface area (Å²) in [6.45, 7) is 3.82. The normalized spacial score (nSPS) is 28.2. The molecular formula is C35H43F3N6O8S. The van der Waals surface area contributed by atoms with E-state index in [1.54, 1.807) is 0 Å². The third-order valence-corrected chi connectivity index (χ3v) is 12.3. The Kier molecular flexibility index (Phi) is 10.5. The van der Waals surface area contributed by atoms with Crippen LogP contribution in [0.4, 0.5) is 22.8 Å². The summed E-state index contributed by atoms with van der Waals surface area (Å²) in [4.78, 5) is 71.4. The molecule has 3 fully saturated rings. The van der Waals surface area contributed by atoms with Gasteiger partial charge in [-0.25, -0.2) is 18.0 Å². The lowest BCUT2D eigenvalue weighted by atomic mass is 10.0. The number of hydrogen-bond acceptors (Lipinski definition) is 8. The predicted molar refractivity (Wildman–Crippen MR) is 184 cm³/mol. The van der Waals surface area contributed by atoms with E-state index in [4.69, 9.17) is 4.74 Å². The number of ether oxygens (including phenoxy) is 1. The third-order valence-electron chi connectivity index (χ3n) is 10.4. The molecule has 53 heavy (non-hydrogen) atoms. The lowest BCUT2D eigenvalue weighted by Gasteiger charge is -2.31. The van der Waals surface area contributed by atoms with E-state index < -0.39 is 93.9 Å². The number of carbonyl (C=O) groups is 5. The topological polar surface area (TPSA) is 175 Å². The zero-order chi connectivity index (χ0) is 38.3. The number of benzene rings is 1. The van der Waals surface area contributed by atoms with E-state index in [0.29, 0.717) is 32.1 Å². The maximum Gasteiger partial charge on any atom is 0.410 e. The second-order valence-electron chi connectivity index (χ2n) is 14.4. The molecule has 0 aromatic heterocycles. The van der Waals surface area contributed by atoms with Crippen molar-refractivity contribution in [3.63, 3.8) is 0 Å². The van der Waals surface area contributed by atoms with Crippen LogP contribution in [0.25, 0.3) is 6.08 Å². The summed E-state index contributed by atoms with van der Waals surface area (Å²) in [5.74, 6) is -3.90. The molecule has 3 heterocycles. The Bertz CT molecular complexity index is 1820. The van der Waals surface area contributed by atoms with Gasteiger partial charge >= 0.3 is 18.3 Å². The molecule has 6 amide bonds. The van der Waals surface area contributed by atoms with Crippen LogP contribution in [0.1, 0.15) is 68.1 Å². The molecule has 3 aliphatic heterocycles. The molecule has 6 rings (SSSR count). The lowest BCUT2D eigenvalue weighted by molar-refractivity contribution is -0.155. The molecule has 1 aromatic carbocycles. The first-order valence-corrected chi connectivity index (χ1v) is 19.2. The van der Waals surface area contributed by atoms with Crippen LogP contribution >= 0.6 is 0 Å². The molecule has 14 nitrogen and oxygen atoms in total.